The first-order valence-corrected chi connectivity index (χ1v) is 12.4. The van der Waals surface area contributed by atoms with Crippen LogP contribution in [0.1, 0.15) is 85.3 Å². The Morgan fingerprint density at radius 2 is 1.82 bits per heavy atom. The monoisotopic (exact) mass is 466 g/mol. The van der Waals surface area contributed by atoms with Crippen molar-refractivity contribution >= 4 is 12.7 Å². The molecule has 0 fully saturated rings. The van der Waals surface area contributed by atoms with Gasteiger partial charge in [0.1, 0.15) is 16.8 Å². The molecule has 1 aromatic carbocycles. The van der Waals surface area contributed by atoms with Gasteiger partial charge in [-0.3, -0.25) is 0 Å². The van der Waals surface area contributed by atoms with Crippen molar-refractivity contribution in [3.8, 4) is 11.1 Å². The molecule has 0 saturated carbocycles. The molecule has 0 amide bonds. The Labute approximate surface area is 204 Å². The molecular weight excluding hydrogens is 424 g/mol. The van der Waals surface area contributed by atoms with Crippen LogP contribution in [0.3, 0.4) is 0 Å². The van der Waals surface area contributed by atoms with Gasteiger partial charge in [0.05, 0.1) is 11.2 Å². The van der Waals surface area contributed by atoms with Crippen molar-refractivity contribution < 1.29 is 14.3 Å². The number of benzene rings is 1. The number of allylic oxidation sites excluding steroid dienone is 2. The normalized spacial score (nSPS) is 13.4. The number of aliphatic hydroxyl groups is 1. The maximum absolute atomic E-state index is 13.0. The number of unbranched alkanes of at least 4 members (excludes halogenated alkanes) is 2. The molecule has 0 atom stereocenters. The van der Waals surface area contributed by atoms with Gasteiger partial charge in [-0.05, 0) is 82.7 Å². The molecule has 34 heavy (non-hydrogen) atoms. The third kappa shape index (κ3) is 8.02. The largest absolute Gasteiger partial charge is 0.488 e. The average Bonchev–Trinajstić information content (AvgIpc) is 2.73. The second-order valence-electron chi connectivity index (χ2n) is 10.3. The van der Waals surface area contributed by atoms with Crippen LogP contribution in [0.25, 0.3) is 23.8 Å². The highest BCUT2D eigenvalue weighted by Gasteiger charge is 2.29. The summed E-state index contributed by atoms with van der Waals surface area (Å²) >= 11 is 0. The van der Waals surface area contributed by atoms with E-state index < -0.39 is 16.8 Å². The van der Waals surface area contributed by atoms with Gasteiger partial charge in [-0.1, -0.05) is 51.5 Å². The highest BCUT2D eigenvalue weighted by molar-refractivity contribution is 5.67. The minimum Gasteiger partial charge on any atom is -0.488 e. The molecule has 0 aliphatic carbocycles. The van der Waals surface area contributed by atoms with E-state index in [1.807, 2.05) is 32.9 Å². The van der Waals surface area contributed by atoms with Crippen molar-refractivity contribution in [2.75, 3.05) is 0 Å². The van der Waals surface area contributed by atoms with E-state index in [0.717, 1.165) is 24.0 Å². The zero-order valence-electron chi connectivity index (χ0n) is 22.1. The van der Waals surface area contributed by atoms with Crippen LogP contribution in [0.2, 0.25) is 0 Å². The van der Waals surface area contributed by atoms with E-state index in [1.54, 1.807) is 26.0 Å². The van der Waals surface area contributed by atoms with Crippen molar-refractivity contribution in [3.63, 3.8) is 0 Å². The van der Waals surface area contributed by atoms with Gasteiger partial charge in [-0.2, -0.15) is 0 Å². The lowest BCUT2D eigenvalue weighted by atomic mass is 9.92. The van der Waals surface area contributed by atoms with Crippen LogP contribution in [-0.2, 0) is 17.6 Å². The Balaban J connectivity index is 2.40. The minimum absolute atomic E-state index is 0.371. The van der Waals surface area contributed by atoms with Gasteiger partial charge in [0.15, 0.2) is 0 Å². The summed E-state index contributed by atoms with van der Waals surface area (Å²) in [5.41, 5.74) is 2.40. The topological polar surface area (TPSA) is 59.7 Å². The average molecular weight is 467 g/mol. The summed E-state index contributed by atoms with van der Waals surface area (Å²) in [4.78, 5) is 13.0. The second-order valence-corrected chi connectivity index (χ2v) is 10.3. The summed E-state index contributed by atoms with van der Waals surface area (Å²) < 4.78 is 11.8. The van der Waals surface area contributed by atoms with Crippen LogP contribution >= 0.6 is 0 Å². The lowest BCUT2D eigenvalue weighted by molar-refractivity contribution is -0.0387. The van der Waals surface area contributed by atoms with Crippen LogP contribution in [0.15, 0.2) is 45.3 Å². The molecular formula is C30H42O4. The Kier molecular flexibility index (Phi) is 9.52. The molecule has 0 radical (unpaired) electrons. The highest BCUT2D eigenvalue weighted by atomic mass is 16.5. The van der Waals surface area contributed by atoms with Gasteiger partial charge in [-0.15, -0.1) is 0 Å². The fraction of sp³-hybridized carbons (Fsp3) is 0.500. The van der Waals surface area contributed by atoms with Crippen molar-refractivity contribution in [1.29, 1.82) is 0 Å². The highest BCUT2D eigenvalue weighted by Crippen LogP contribution is 2.26. The molecule has 2 rings (SSSR count). The third-order valence-corrected chi connectivity index (χ3v) is 5.78. The number of rotatable bonds is 11. The van der Waals surface area contributed by atoms with Crippen molar-refractivity contribution in [2.45, 2.75) is 98.2 Å². The maximum atomic E-state index is 13.0. The minimum atomic E-state index is -0.865. The summed E-state index contributed by atoms with van der Waals surface area (Å²) in [5.74, 6) is 0.556. The van der Waals surface area contributed by atoms with Crippen molar-refractivity contribution in [2.24, 2.45) is 0 Å². The molecule has 0 saturated heterocycles. The van der Waals surface area contributed by atoms with E-state index >= 15 is 0 Å². The van der Waals surface area contributed by atoms with Crippen LogP contribution < -0.4 is 16.3 Å². The van der Waals surface area contributed by atoms with E-state index in [9.17, 15) is 9.90 Å². The number of aryl methyl sites for hydroxylation is 2. The summed E-state index contributed by atoms with van der Waals surface area (Å²) in [6, 6.07) is 8.17. The predicted octanol–water partition coefficient (Wildman–Crippen LogP) is 5.65. The Bertz CT molecular complexity index is 1160. The van der Waals surface area contributed by atoms with Gasteiger partial charge in [0.2, 0.25) is 0 Å². The summed E-state index contributed by atoms with van der Waals surface area (Å²) in [6.45, 7) is 17.7. The smallest absolute Gasteiger partial charge is 0.344 e. The van der Waals surface area contributed by atoms with E-state index in [-0.39, 0.29) is 0 Å². The van der Waals surface area contributed by atoms with Crippen LogP contribution in [-0.4, -0.2) is 16.3 Å². The Morgan fingerprint density at radius 1 is 1.12 bits per heavy atom. The molecule has 2 aromatic rings. The van der Waals surface area contributed by atoms with E-state index in [4.69, 9.17) is 9.15 Å². The lowest BCUT2D eigenvalue weighted by Gasteiger charge is -2.32. The predicted molar refractivity (Wildman–Crippen MR) is 142 cm³/mol. The zero-order chi connectivity index (χ0) is 25.5. The Hall–Kier alpha value is -2.59. The summed E-state index contributed by atoms with van der Waals surface area (Å²) in [5, 5.41) is 10.8. The quantitative estimate of drug-likeness (QED) is 0.343. The molecule has 4 heteroatoms. The molecule has 0 spiro atoms. The summed E-state index contributed by atoms with van der Waals surface area (Å²) in [7, 11) is 0. The van der Waals surface area contributed by atoms with Crippen LogP contribution in [0.4, 0.5) is 0 Å². The Morgan fingerprint density at radius 3 is 2.41 bits per heavy atom. The van der Waals surface area contributed by atoms with Gasteiger partial charge in [0, 0.05) is 17.7 Å². The SMILES string of the molecule is C=c1cc(-c2ccc(CCCCC)cc2CC)c(=O)o/c1=C/C(=C\C)OC(C)(C)CC(C)(C)O. The third-order valence-electron chi connectivity index (χ3n) is 5.78. The van der Waals surface area contributed by atoms with E-state index in [2.05, 4.69) is 32.6 Å². The van der Waals surface area contributed by atoms with Gasteiger partial charge in [-0.25, -0.2) is 4.79 Å². The number of hydrogen-bond donors (Lipinski definition) is 1. The van der Waals surface area contributed by atoms with E-state index in [1.165, 1.54) is 24.8 Å². The molecule has 4 nitrogen and oxygen atoms in total. The second kappa shape index (κ2) is 11.7. The van der Waals surface area contributed by atoms with Gasteiger partial charge >= 0.3 is 5.63 Å². The standard InChI is InChI=1S/C30H42O4/c1-9-12-13-14-22-15-16-25(23(10-2)18-22)26-17-21(4)27(33-28(26)31)19-24(11-3)34-30(7,8)20-29(5,6)32/h11,15-19,32H,4,9-10,12-14,20H2,1-3,5-8H3/b24-11+,27-19+. The molecule has 0 unspecified atom stereocenters. The number of hydrogen-bond acceptors (Lipinski definition) is 4. The zero-order valence-corrected chi connectivity index (χ0v) is 22.1. The molecule has 0 aliphatic rings. The van der Waals surface area contributed by atoms with E-state index in [0.29, 0.717) is 28.4 Å². The fourth-order valence-corrected chi connectivity index (χ4v) is 4.47. The first-order chi connectivity index (χ1) is 15.9. The van der Waals surface area contributed by atoms with Crippen molar-refractivity contribution in [1.82, 2.24) is 0 Å². The molecule has 1 heterocycles. The molecule has 186 valence electrons. The molecule has 0 aliphatic heterocycles. The van der Waals surface area contributed by atoms with Gasteiger partial charge < -0.3 is 14.3 Å². The fourth-order valence-electron chi connectivity index (χ4n) is 4.47. The maximum Gasteiger partial charge on any atom is 0.344 e. The number of ether oxygens (including phenoxy) is 1. The summed E-state index contributed by atoms with van der Waals surface area (Å²) in [6.07, 6.45) is 9.44. The van der Waals surface area contributed by atoms with Crippen molar-refractivity contribution in [3.05, 3.63) is 68.3 Å². The van der Waals surface area contributed by atoms with Gasteiger partial charge in [0.25, 0.3) is 0 Å². The van der Waals surface area contributed by atoms with Crippen LogP contribution in [0.5, 0.6) is 0 Å². The molecule has 1 aromatic heterocycles. The molecule has 1 N–H and O–H groups in total. The lowest BCUT2D eigenvalue weighted by Crippen LogP contribution is -2.35. The first kappa shape index (κ1) is 27.7. The first-order valence-electron chi connectivity index (χ1n) is 12.4. The van der Waals surface area contributed by atoms with Crippen LogP contribution in [0, 0.1) is 0 Å². The molecule has 0 bridgehead atoms.